The van der Waals surface area contributed by atoms with Gasteiger partial charge in [-0.25, -0.2) is 4.98 Å². The molecule has 0 bridgehead atoms. The van der Waals surface area contributed by atoms with Gasteiger partial charge in [-0.1, -0.05) is 0 Å². The Morgan fingerprint density at radius 3 is 2.67 bits per heavy atom. The molecule has 0 unspecified atom stereocenters. The number of nitriles is 1. The van der Waals surface area contributed by atoms with Gasteiger partial charge >= 0.3 is 0 Å². The van der Waals surface area contributed by atoms with Crippen LogP contribution in [0.1, 0.15) is 23.9 Å². The normalized spacial score (nSPS) is 10.7. The standard InChI is InChI=1S/C17H16N4/c1-2-21-16-5-3-14(12-18)11-15(16)20-17(21)6-4-13-7-9-19-10-8-13/h3,5,7-11H,2,4,6H2,1H3. The molecule has 0 aliphatic heterocycles. The van der Waals surface area contributed by atoms with E-state index >= 15 is 0 Å². The predicted molar refractivity (Wildman–Crippen MR) is 81.8 cm³/mol. The summed E-state index contributed by atoms with van der Waals surface area (Å²) in [6.07, 6.45) is 5.46. The molecule has 0 radical (unpaired) electrons. The van der Waals surface area contributed by atoms with Gasteiger partial charge in [0.2, 0.25) is 0 Å². The van der Waals surface area contributed by atoms with E-state index in [2.05, 4.69) is 22.5 Å². The lowest BCUT2D eigenvalue weighted by molar-refractivity contribution is 0.707. The molecular weight excluding hydrogens is 260 g/mol. The zero-order valence-corrected chi connectivity index (χ0v) is 12.0. The van der Waals surface area contributed by atoms with Crippen LogP contribution in [0.15, 0.2) is 42.7 Å². The molecule has 0 aliphatic carbocycles. The molecule has 1 aromatic carbocycles. The zero-order valence-electron chi connectivity index (χ0n) is 12.0. The van der Waals surface area contributed by atoms with Crippen LogP contribution in [0, 0.1) is 11.3 Å². The van der Waals surface area contributed by atoms with Crippen LogP contribution in [-0.2, 0) is 19.4 Å². The molecule has 0 aliphatic rings. The average molecular weight is 276 g/mol. The molecule has 2 aromatic heterocycles. The van der Waals surface area contributed by atoms with Crippen molar-refractivity contribution in [1.82, 2.24) is 14.5 Å². The van der Waals surface area contributed by atoms with E-state index in [1.54, 1.807) is 0 Å². The number of hydrogen-bond acceptors (Lipinski definition) is 3. The predicted octanol–water partition coefficient (Wildman–Crippen LogP) is 3.11. The number of benzene rings is 1. The minimum absolute atomic E-state index is 0.656. The molecule has 0 saturated heterocycles. The van der Waals surface area contributed by atoms with Crippen LogP contribution in [0.5, 0.6) is 0 Å². The number of aromatic nitrogens is 3. The summed E-state index contributed by atoms with van der Waals surface area (Å²) in [4.78, 5) is 8.74. The highest BCUT2D eigenvalue weighted by Crippen LogP contribution is 2.19. The van der Waals surface area contributed by atoms with Crippen LogP contribution in [0.4, 0.5) is 0 Å². The fraction of sp³-hybridized carbons (Fsp3) is 0.235. The van der Waals surface area contributed by atoms with Gasteiger partial charge in [0.05, 0.1) is 22.7 Å². The summed E-state index contributed by atoms with van der Waals surface area (Å²) in [6, 6.07) is 11.9. The summed E-state index contributed by atoms with van der Waals surface area (Å²) in [6.45, 7) is 3.00. The minimum Gasteiger partial charge on any atom is -0.328 e. The van der Waals surface area contributed by atoms with Gasteiger partial charge in [-0.05, 0) is 49.2 Å². The Morgan fingerprint density at radius 2 is 1.95 bits per heavy atom. The SMILES string of the molecule is CCn1c(CCc2ccncc2)nc2cc(C#N)ccc21. The molecule has 104 valence electrons. The highest BCUT2D eigenvalue weighted by Gasteiger charge is 2.10. The second kappa shape index (κ2) is 5.76. The molecule has 4 heteroatoms. The second-order valence-corrected chi connectivity index (χ2v) is 4.94. The largest absolute Gasteiger partial charge is 0.328 e. The first-order valence-corrected chi connectivity index (χ1v) is 7.10. The molecule has 0 saturated carbocycles. The topological polar surface area (TPSA) is 54.5 Å². The Kier molecular flexibility index (Phi) is 3.65. The molecule has 2 heterocycles. The van der Waals surface area contributed by atoms with E-state index in [0.29, 0.717) is 5.56 Å². The number of fused-ring (bicyclic) bond motifs is 1. The molecule has 3 rings (SSSR count). The third-order valence-electron chi connectivity index (χ3n) is 3.66. The summed E-state index contributed by atoms with van der Waals surface area (Å²) in [5, 5.41) is 8.99. The van der Waals surface area contributed by atoms with Crippen LogP contribution >= 0.6 is 0 Å². The summed E-state index contributed by atoms with van der Waals surface area (Å²) >= 11 is 0. The van der Waals surface area contributed by atoms with Crippen molar-refractivity contribution in [2.24, 2.45) is 0 Å². The lowest BCUT2D eigenvalue weighted by atomic mass is 10.1. The average Bonchev–Trinajstić information content (AvgIpc) is 2.90. The van der Waals surface area contributed by atoms with Gasteiger partial charge in [0.15, 0.2) is 0 Å². The maximum Gasteiger partial charge on any atom is 0.110 e. The highest BCUT2D eigenvalue weighted by molar-refractivity contribution is 5.77. The van der Waals surface area contributed by atoms with Gasteiger partial charge in [-0.15, -0.1) is 0 Å². The van der Waals surface area contributed by atoms with Crippen LogP contribution in [0.3, 0.4) is 0 Å². The van der Waals surface area contributed by atoms with Crippen molar-refractivity contribution in [1.29, 1.82) is 5.26 Å². The van der Waals surface area contributed by atoms with E-state index in [1.165, 1.54) is 5.56 Å². The third kappa shape index (κ3) is 2.63. The molecule has 21 heavy (non-hydrogen) atoms. The maximum absolute atomic E-state index is 8.99. The van der Waals surface area contributed by atoms with Crippen molar-refractivity contribution in [3.8, 4) is 6.07 Å². The summed E-state index contributed by atoms with van der Waals surface area (Å²) in [7, 11) is 0. The molecule has 0 atom stereocenters. The van der Waals surface area contributed by atoms with Gasteiger partial charge in [-0.3, -0.25) is 4.98 Å². The van der Waals surface area contributed by atoms with Gasteiger partial charge in [0, 0.05) is 25.4 Å². The van der Waals surface area contributed by atoms with Crippen LogP contribution in [-0.4, -0.2) is 14.5 Å². The molecule has 0 amide bonds. The van der Waals surface area contributed by atoms with Crippen molar-refractivity contribution >= 4 is 11.0 Å². The van der Waals surface area contributed by atoms with E-state index in [-0.39, 0.29) is 0 Å². The van der Waals surface area contributed by atoms with E-state index in [9.17, 15) is 0 Å². The Balaban J connectivity index is 1.92. The molecule has 0 N–H and O–H groups in total. The fourth-order valence-corrected chi connectivity index (χ4v) is 2.60. The molecule has 0 fully saturated rings. The van der Waals surface area contributed by atoms with Gasteiger partial charge < -0.3 is 4.57 Å². The molecule has 4 nitrogen and oxygen atoms in total. The van der Waals surface area contributed by atoms with Crippen molar-refractivity contribution in [2.45, 2.75) is 26.3 Å². The number of aryl methyl sites for hydroxylation is 3. The van der Waals surface area contributed by atoms with E-state index in [4.69, 9.17) is 10.2 Å². The first-order valence-electron chi connectivity index (χ1n) is 7.10. The van der Waals surface area contributed by atoms with Crippen molar-refractivity contribution in [2.75, 3.05) is 0 Å². The van der Waals surface area contributed by atoms with Crippen LogP contribution < -0.4 is 0 Å². The van der Waals surface area contributed by atoms with Gasteiger partial charge in [-0.2, -0.15) is 5.26 Å². The lowest BCUT2D eigenvalue weighted by Gasteiger charge is -2.06. The Hall–Kier alpha value is -2.67. The quantitative estimate of drug-likeness (QED) is 0.735. The number of pyridine rings is 1. The number of hydrogen-bond donors (Lipinski definition) is 0. The van der Waals surface area contributed by atoms with Crippen molar-refractivity contribution in [3.05, 3.63) is 59.7 Å². The Morgan fingerprint density at radius 1 is 1.14 bits per heavy atom. The highest BCUT2D eigenvalue weighted by atomic mass is 15.1. The molecular formula is C17H16N4. The van der Waals surface area contributed by atoms with Crippen LogP contribution in [0.25, 0.3) is 11.0 Å². The minimum atomic E-state index is 0.656. The number of rotatable bonds is 4. The molecule has 0 spiro atoms. The lowest BCUT2D eigenvalue weighted by Crippen LogP contribution is -2.03. The summed E-state index contributed by atoms with van der Waals surface area (Å²) in [5.41, 5.74) is 3.92. The van der Waals surface area contributed by atoms with Crippen molar-refractivity contribution < 1.29 is 0 Å². The van der Waals surface area contributed by atoms with Gasteiger partial charge in [0.25, 0.3) is 0 Å². The number of imidazole rings is 1. The number of nitrogens with zero attached hydrogens (tertiary/aromatic N) is 4. The summed E-state index contributed by atoms with van der Waals surface area (Å²) < 4.78 is 2.22. The first-order chi connectivity index (χ1) is 10.3. The fourth-order valence-electron chi connectivity index (χ4n) is 2.60. The third-order valence-corrected chi connectivity index (χ3v) is 3.66. The maximum atomic E-state index is 8.99. The first kappa shape index (κ1) is 13.3. The zero-order chi connectivity index (χ0) is 14.7. The van der Waals surface area contributed by atoms with E-state index in [0.717, 1.165) is 36.2 Å². The monoisotopic (exact) mass is 276 g/mol. The molecule has 3 aromatic rings. The van der Waals surface area contributed by atoms with E-state index in [1.807, 2.05) is 42.7 Å². The Bertz CT molecular complexity index is 797. The Labute approximate surface area is 123 Å². The van der Waals surface area contributed by atoms with E-state index < -0.39 is 0 Å². The smallest absolute Gasteiger partial charge is 0.110 e. The summed E-state index contributed by atoms with van der Waals surface area (Å²) in [5.74, 6) is 1.07. The second-order valence-electron chi connectivity index (χ2n) is 4.94. The van der Waals surface area contributed by atoms with Crippen molar-refractivity contribution in [3.63, 3.8) is 0 Å². The van der Waals surface area contributed by atoms with Crippen LogP contribution in [0.2, 0.25) is 0 Å². The van der Waals surface area contributed by atoms with Gasteiger partial charge in [0.1, 0.15) is 5.82 Å².